The van der Waals surface area contributed by atoms with E-state index < -0.39 is 12.0 Å². The van der Waals surface area contributed by atoms with Crippen molar-refractivity contribution in [2.45, 2.75) is 12.5 Å². The van der Waals surface area contributed by atoms with Gasteiger partial charge in [-0.15, -0.1) is 0 Å². The van der Waals surface area contributed by atoms with E-state index in [-0.39, 0.29) is 18.9 Å². The average molecular weight is 288 g/mol. The quantitative estimate of drug-likeness (QED) is 0.598. The number of carboxylic acid groups (broad SMARTS) is 1. The Balaban J connectivity index is 1.85. The fraction of sp³-hybridized carbons (Fsp3) is 0.214. The molecule has 1 atom stereocenters. The lowest BCUT2D eigenvalue weighted by Crippen LogP contribution is -2.44. The molecule has 0 saturated heterocycles. The molecule has 0 spiro atoms. The highest BCUT2D eigenvalue weighted by atomic mass is 16.4. The highest BCUT2D eigenvalue weighted by molar-refractivity contribution is 5.86. The Labute approximate surface area is 121 Å². The fourth-order valence-corrected chi connectivity index (χ4v) is 1.80. The number of hydrogen-bond donors (Lipinski definition) is 4. The number of rotatable bonds is 7. The van der Waals surface area contributed by atoms with Crippen molar-refractivity contribution in [3.8, 4) is 0 Å². The second kappa shape index (κ2) is 7.09. The summed E-state index contributed by atoms with van der Waals surface area (Å²) in [4.78, 5) is 29.7. The molecular formula is C14H16N4O3. The van der Waals surface area contributed by atoms with Gasteiger partial charge in [-0.05, 0) is 12.1 Å². The van der Waals surface area contributed by atoms with Gasteiger partial charge in [0, 0.05) is 18.3 Å². The lowest BCUT2D eigenvalue weighted by atomic mass is 10.1. The summed E-state index contributed by atoms with van der Waals surface area (Å²) in [6.45, 7) is 0.00829. The third-order valence-corrected chi connectivity index (χ3v) is 2.83. The molecular weight excluding hydrogens is 272 g/mol. The fourth-order valence-electron chi connectivity index (χ4n) is 1.80. The predicted octanol–water partition coefficient (Wildman–Crippen LogP) is 0.634. The Bertz CT molecular complexity index is 584. The number of carbonyl (C=O) groups is 2. The minimum Gasteiger partial charge on any atom is -0.480 e. The Morgan fingerprint density at radius 3 is 2.67 bits per heavy atom. The number of aliphatic carboxylic acids is 1. The van der Waals surface area contributed by atoms with Crippen molar-refractivity contribution >= 4 is 17.6 Å². The molecule has 2 rings (SSSR count). The van der Waals surface area contributed by atoms with Crippen molar-refractivity contribution in [3.63, 3.8) is 0 Å². The lowest BCUT2D eigenvalue weighted by Gasteiger charge is -2.14. The van der Waals surface area contributed by atoms with Gasteiger partial charge in [-0.3, -0.25) is 4.79 Å². The number of carbonyl (C=O) groups excluding carboxylic acids is 1. The molecule has 1 aromatic carbocycles. The van der Waals surface area contributed by atoms with Gasteiger partial charge < -0.3 is 20.7 Å². The SMILES string of the molecule is O=C(CNc1ccccc1)NC(Cc1c[nH]cn1)C(=O)O. The molecule has 0 aliphatic heterocycles. The molecule has 4 N–H and O–H groups in total. The van der Waals surface area contributed by atoms with Crippen molar-refractivity contribution in [3.05, 3.63) is 48.5 Å². The van der Waals surface area contributed by atoms with E-state index in [0.29, 0.717) is 5.69 Å². The van der Waals surface area contributed by atoms with Gasteiger partial charge >= 0.3 is 5.97 Å². The molecule has 0 radical (unpaired) electrons. The zero-order chi connectivity index (χ0) is 15.1. The first-order valence-corrected chi connectivity index (χ1v) is 6.44. The molecule has 0 fully saturated rings. The lowest BCUT2D eigenvalue weighted by molar-refractivity contribution is -0.141. The molecule has 0 aliphatic rings. The van der Waals surface area contributed by atoms with Crippen LogP contribution in [-0.4, -0.2) is 39.5 Å². The standard InChI is InChI=1S/C14H16N4O3/c19-13(8-16-10-4-2-1-3-5-10)18-12(14(20)21)6-11-7-15-9-17-11/h1-5,7,9,12,16H,6,8H2,(H,15,17)(H,18,19)(H,20,21). The first kappa shape index (κ1) is 14.6. The predicted molar refractivity (Wildman–Crippen MR) is 76.8 cm³/mol. The van der Waals surface area contributed by atoms with Crippen LogP contribution >= 0.6 is 0 Å². The van der Waals surface area contributed by atoms with Crippen molar-refractivity contribution in [1.29, 1.82) is 0 Å². The number of aromatic amines is 1. The van der Waals surface area contributed by atoms with Crippen LogP contribution in [0.25, 0.3) is 0 Å². The molecule has 110 valence electrons. The summed E-state index contributed by atoms with van der Waals surface area (Å²) >= 11 is 0. The molecule has 7 heteroatoms. The highest BCUT2D eigenvalue weighted by Crippen LogP contribution is 2.04. The summed E-state index contributed by atoms with van der Waals surface area (Å²) in [7, 11) is 0. The number of nitrogens with one attached hydrogen (secondary N) is 3. The van der Waals surface area contributed by atoms with E-state index in [0.717, 1.165) is 5.69 Å². The minimum absolute atomic E-state index is 0.00829. The number of para-hydroxylation sites is 1. The molecule has 1 amide bonds. The molecule has 7 nitrogen and oxygen atoms in total. The summed E-state index contributed by atoms with van der Waals surface area (Å²) in [5, 5.41) is 14.5. The van der Waals surface area contributed by atoms with Gasteiger partial charge in [0.25, 0.3) is 0 Å². The molecule has 1 unspecified atom stereocenters. The van der Waals surface area contributed by atoms with Crippen LogP contribution in [0.5, 0.6) is 0 Å². The van der Waals surface area contributed by atoms with Crippen LogP contribution in [0.2, 0.25) is 0 Å². The summed E-state index contributed by atoms with van der Waals surface area (Å²) < 4.78 is 0. The Hall–Kier alpha value is -2.83. The smallest absolute Gasteiger partial charge is 0.326 e. The van der Waals surface area contributed by atoms with Crippen molar-refractivity contribution in [1.82, 2.24) is 15.3 Å². The number of benzene rings is 1. The number of imidazole rings is 1. The third-order valence-electron chi connectivity index (χ3n) is 2.83. The van der Waals surface area contributed by atoms with Crippen molar-refractivity contribution in [2.75, 3.05) is 11.9 Å². The molecule has 0 bridgehead atoms. The van der Waals surface area contributed by atoms with Crippen LogP contribution in [-0.2, 0) is 16.0 Å². The number of anilines is 1. The maximum absolute atomic E-state index is 11.8. The summed E-state index contributed by atoms with van der Waals surface area (Å²) in [6.07, 6.45) is 3.20. The number of nitrogens with zero attached hydrogens (tertiary/aromatic N) is 1. The van der Waals surface area contributed by atoms with Crippen LogP contribution in [0, 0.1) is 0 Å². The van der Waals surface area contributed by atoms with Crippen molar-refractivity contribution in [2.24, 2.45) is 0 Å². The maximum atomic E-state index is 11.8. The van der Waals surface area contributed by atoms with E-state index in [4.69, 9.17) is 5.11 Å². The number of aromatic nitrogens is 2. The van der Waals surface area contributed by atoms with Crippen LogP contribution in [0.15, 0.2) is 42.9 Å². The first-order valence-electron chi connectivity index (χ1n) is 6.44. The largest absolute Gasteiger partial charge is 0.480 e. The van der Waals surface area contributed by atoms with E-state index >= 15 is 0 Å². The molecule has 1 aromatic heterocycles. The van der Waals surface area contributed by atoms with Crippen molar-refractivity contribution < 1.29 is 14.7 Å². The summed E-state index contributed by atoms with van der Waals surface area (Å²) in [5.41, 5.74) is 1.38. The van der Waals surface area contributed by atoms with E-state index in [9.17, 15) is 9.59 Å². The monoisotopic (exact) mass is 288 g/mol. The van der Waals surface area contributed by atoms with Gasteiger partial charge in [-0.2, -0.15) is 0 Å². The van der Waals surface area contributed by atoms with Gasteiger partial charge in [0.1, 0.15) is 6.04 Å². The zero-order valence-corrected chi connectivity index (χ0v) is 11.2. The Morgan fingerprint density at radius 1 is 1.29 bits per heavy atom. The van der Waals surface area contributed by atoms with E-state index in [2.05, 4.69) is 20.6 Å². The van der Waals surface area contributed by atoms with Gasteiger partial charge in [0.2, 0.25) is 5.91 Å². The minimum atomic E-state index is -1.09. The van der Waals surface area contributed by atoms with Crippen LogP contribution in [0.3, 0.4) is 0 Å². The third kappa shape index (κ3) is 4.64. The van der Waals surface area contributed by atoms with Gasteiger partial charge in [-0.1, -0.05) is 18.2 Å². The molecule has 21 heavy (non-hydrogen) atoms. The number of H-pyrrole nitrogens is 1. The van der Waals surface area contributed by atoms with Crippen LogP contribution in [0.4, 0.5) is 5.69 Å². The second-order valence-electron chi connectivity index (χ2n) is 4.44. The van der Waals surface area contributed by atoms with Gasteiger partial charge in [-0.25, -0.2) is 9.78 Å². The number of amides is 1. The van der Waals surface area contributed by atoms with Gasteiger partial charge in [0.15, 0.2) is 0 Å². The summed E-state index contributed by atoms with van der Waals surface area (Å²) in [6, 6.07) is 8.21. The maximum Gasteiger partial charge on any atom is 0.326 e. The molecule has 1 heterocycles. The normalized spacial score (nSPS) is 11.6. The number of carboxylic acids is 1. The topological polar surface area (TPSA) is 107 Å². The average Bonchev–Trinajstić information content (AvgIpc) is 2.98. The molecule has 0 saturated carbocycles. The van der Waals surface area contributed by atoms with E-state index in [1.807, 2.05) is 30.3 Å². The van der Waals surface area contributed by atoms with Gasteiger partial charge in [0.05, 0.1) is 18.6 Å². The Kier molecular flexibility index (Phi) is 4.92. The highest BCUT2D eigenvalue weighted by Gasteiger charge is 2.20. The zero-order valence-electron chi connectivity index (χ0n) is 11.2. The summed E-state index contributed by atoms with van der Waals surface area (Å²) in [5.74, 6) is -1.48. The van der Waals surface area contributed by atoms with Crippen LogP contribution < -0.4 is 10.6 Å². The second-order valence-corrected chi connectivity index (χ2v) is 4.44. The van der Waals surface area contributed by atoms with E-state index in [1.165, 1.54) is 6.33 Å². The number of hydrogen-bond acceptors (Lipinski definition) is 4. The van der Waals surface area contributed by atoms with E-state index in [1.54, 1.807) is 6.20 Å². The molecule has 0 aliphatic carbocycles. The first-order chi connectivity index (χ1) is 10.1. The Morgan fingerprint density at radius 2 is 2.05 bits per heavy atom. The van der Waals surface area contributed by atoms with Crippen LogP contribution in [0.1, 0.15) is 5.69 Å². The molecule has 2 aromatic rings.